The highest BCUT2D eigenvalue weighted by molar-refractivity contribution is 6.02. The Morgan fingerprint density at radius 2 is 1.31 bits per heavy atom. The maximum Gasteiger partial charge on any atom is 0.346 e. The Hall–Kier alpha value is -3.73. The van der Waals surface area contributed by atoms with Gasteiger partial charge in [0.15, 0.2) is 0 Å². The minimum atomic E-state index is -0.691. The Morgan fingerprint density at radius 1 is 0.694 bits per heavy atom. The van der Waals surface area contributed by atoms with Crippen LogP contribution in [0.4, 0.5) is 0 Å². The zero-order valence-electron chi connectivity index (χ0n) is 21.3. The molecule has 3 aromatic carbocycles. The Kier molecular flexibility index (Phi) is 9.99. The largest absolute Gasteiger partial charge is 0.462 e. The van der Waals surface area contributed by atoms with Crippen LogP contribution in [-0.2, 0) is 22.3 Å². The molecule has 0 bridgehead atoms. The molecule has 0 aromatic heterocycles. The molecule has 0 atom stereocenters. The smallest absolute Gasteiger partial charge is 0.346 e. The molecule has 3 rings (SSSR count). The van der Waals surface area contributed by atoms with Crippen molar-refractivity contribution in [1.82, 2.24) is 0 Å². The van der Waals surface area contributed by atoms with Gasteiger partial charge >= 0.3 is 17.9 Å². The van der Waals surface area contributed by atoms with Crippen molar-refractivity contribution in [1.29, 1.82) is 0 Å². The molecule has 0 heterocycles. The molecule has 3 aromatic rings. The number of rotatable bonds is 11. The molecule has 5 heteroatoms. The highest BCUT2D eigenvalue weighted by atomic mass is 16.6. The SMILES string of the molecule is CCCCc1ccc(C(=O)OCCCc2cccc(C(=O)OC(=O)c3ccc(C(C)C)cc3)c2)cc1. The average molecular weight is 487 g/mol. The number of benzene rings is 3. The van der Waals surface area contributed by atoms with E-state index in [0.29, 0.717) is 35.4 Å². The lowest BCUT2D eigenvalue weighted by atomic mass is 10.0. The average Bonchev–Trinajstić information content (AvgIpc) is 2.90. The van der Waals surface area contributed by atoms with Gasteiger partial charge in [-0.1, -0.05) is 63.6 Å². The van der Waals surface area contributed by atoms with Gasteiger partial charge in [0.25, 0.3) is 0 Å². The Labute approximate surface area is 213 Å². The number of aryl methyl sites for hydroxylation is 2. The van der Waals surface area contributed by atoms with E-state index in [9.17, 15) is 14.4 Å². The van der Waals surface area contributed by atoms with Crippen LogP contribution in [0.2, 0.25) is 0 Å². The Morgan fingerprint density at radius 3 is 1.97 bits per heavy atom. The van der Waals surface area contributed by atoms with Gasteiger partial charge in [-0.05, 0) is 84.7 Å². The van der Waals surface area contributed by atoms with Gasteiger partial charge < -0.3 is 9.47 Å². The number of unbranched alkanes of at least 4 members (excludes halogenated alkanes) is 1. The van der Waals surface area contributed by atoms with Crippen molar-refractivity contribution in [2.45, 2.75) is 58.8 Å². The predicted molar refractivity (Wildman–Crippen MR) is 140 cm³/mol. The normalized spacial score (nSPS) is 10.8. The maximum atomic E-state index is 12.5. The third-order valence-electron chi connectivity index (χ3n) is 6.01. The van der Waals surface area contributed by atoms with E-state index in [0.717, 1.165) is 30.4 Å². The molecular formula is C31H34O5. The lowest BCUT2D eigenvalue weighted by Crippen LogP contribution is -2.13. The minimum Gasteiger partial charge on any atom is -0.462 e. The molecule has 0 fully saturated rings. The standard InChI is InChI=1S/C31H34O5/c1-4-5-8-23-12-14-26(15-13-23)29(32)35-20-7-10-24-9-6-11-28(21-24)31(34)36-30(33)27-18-16-25(17-19-27)22(2)3/h6,9,11-19,21-22H,4-5,7-8,10,20H2,1-3H3. The quantitative estimate of drug-likeness (QED) is 0.167. The number of esters is 3. The molecule has 0 aliphatic rings. The van der Waals surface area contributed by atoms with E-state index in [1.54, 1.807) is 30.3 Å². The van der Waals surface area contributed by atoms with Crippen LogP contribution in [0.3, 0.4) is 0 Å². The van der Waals surface area contributed by atoms with E-state index in [1.165, 1.54) is 5.56 Å². The summed E-state index contributed by atoms with van der Waals surface area (Å²) < 4.78 is 10.5. The third kappa shape index (κ3) is 7.91. The van der Waals surface area contributed by atoms with Crippen LogP contribution < -0.4 is 0 Å². The highest BCUT2D eigenvalue weighted by Gasteiger charge is 2.16. The fourth-order valence-corrected chi connectivity index (χ4v) is 3.77. The summed E-state index contributed by atoms with van der Waals surface area (Å²) >= 11 is 0. The van der Waals surface area contributed by atoms with E-state index < -0.39 is 11.9 Å². The van der Waals surface area contributed by atoms with Gasteiger partial charge in [-0.2, -0.15) is 0 Å². The second-order valence-corrected chi connectivity index (χ2v) is 9.19. The molecule has 0 aliphatic heterocycles. The van der Waals surface area contributed by atoms with E-state index in [2.05, 4.69) is 20.8 Å². The highest BCUT2D eigenvalue weighted by Crippen LogP contribution is 2.16. The maximum absolute atomic E-state index is 12.5. The lowest BCUT2D eigenvalue weighted by molar-refractivity contribution is 0.0396. The molecule has 0 spiro atoms. The first-order chi connectivity index (χ1) is 17.4. The van der Waals surface area contributed by atoms with Crippen LogP contribution in [0.5, 0.6) is 0 Å². The number of ether oxygens (including phenoxy) is 2. The second kappa shape index (κ2) is 13.4. The van der Waals surface area contributed by atoms with E-state index in [1.807, 2.05) is 42.5 Å². The van der Waals surface area contributed by atoms with E-state index in [-0.39, 0.29) is 12.6 Å². The summed E-state index contributed by atoms with van der Waals surface area (Å²) in [5.41, 5.74) is 4.41. The van der Waals surface area contributed by atoms with Crippen molar-refractivity contribution in [3.05, 3.63) is 106 Å². The molecular weight excluding hydrogens is 452 g/mol. The third-order valence-corrected chi connectivity index (χ3v) is 6.01. The molecule has 188 valence electrons. The number of hydrogen-bond acceptors (Lipinski definition) is 5. The Balaban J connectivity index is 1.46. The number of carbonyl (C=O) groups is 3. The van der Waals surface area contributed by atoms with Gasteiger partial charge in [0.05, 0.1) is 23.3 Å². The molecule has 5 nitrogen and oxygen atoms in total. The summed E-state index contributed by atoms with van der Waals surface area (Å²) in [4.78, 5) is 37.1. The van der Waals surface area contributed by atoms with Crippen molar-refractivity contribution < 1.29 is 23.9 Å². The van der Waals surface area contributed by atoms with Crippen molar-refractivity contribution in [3.63, 3.8) is 0 Å². The first-order valence-electron chi connectivity index (χ1n) is 12.6. The van der Waals surface area contributed by atoms with Gasteiger partial charge in [0.2, 0.25) is 0 Å². The zero-order valence-corrected chi connectivity index (χ0v) is 21.3. The summed E-state index contributed by atoms with van der Waals surface area (Å²) in [6.45, 7) is 6.57. The van der Waals surface area contributed by atoms with Crippen LogP contribution in [0.25, 0.3) is 0 Å². The summed E-state index contributed by atoms with van der Waals surface area (Å²) in [6.07, 6.45) is 4.51. The van der Waals surface area contributed by atoms with Crippen molar-refractivity contribution in [3.8, 4) is 0 Å². The van der Waals surface area contributed by atoms with Crippen LogP contribution >= 0.6 is 0 Å². The zero-order chi connectivity index (χ0) is 25.9. The molecule has 0 saturated carbocycles. The van der Waals surface area contributed by atoms with Crippen molar-refractivity contribution in [2.75, 3.05) is 6.61 Å². The van der Waals surface area contributed by atoms with Gasteiger partial charge in [-0.15, -0.1) is 0 Å². The molecule has 0 N–H and O–H groups in total. The molecule has 0 amide bonds. The summed E-state index contributed by atoms with van der Waals surface area (Å²) in [7, 11) is 0. The summed E-state index contributed by atoms with van der Waals surface area (Å²) in [6, 6.07) is 21.6. The minimum absolute atomic E-state index is 0.274. The molecule has 0 radical (unpaired) electrons. The molecule has 36 heavy (non-hydrogen) atoms. The van der Waals surface area contributed by atoms with E-state index in [4.69, 9.17) is 9.47 Å². The summed E-state index contributed by atoms with van der Waals surface area (Å²) in [5, 5.41) is 0. The van der Waals surface area contributed by atoms with Gasteiger partial charge in [-0.25, -0.2) is 14.4 Å². The van der Waals surface area contributed by atoms with Crippen LogP contribution in [0.1, 0.15) is 93.7 Å². The number of hydrogen-bond donors (Lipinski definition) is 0. The van der Waals surface area contributed by atoms with Gasteiger partial charge in [0.1, 0.15) is 0 Å². The Bertz CT molecular complexity index is 1160. The summed E-state index contributed by atoms with van der Waals surface area (Å²) in [5.74, 6) is -1.35. The van der Waals surface area contributed by atoms with Crippen molar-refractivity contribution in [2.24, 2.45) is 0 Å². The predicted octanol–water partition coefficient (Wildman–Crippen LogP) is 6.94. The fourth-order valence-electron chi connectivity index (χ4n) is 3.77. The lowest BCUT2D eigenvalue weighted by Gasteiger charge is -2.08. The van der Waals surface area contributed by atoms with E-state index >= 15 is 0 Å². The number of carbonyl (C=O) groups excluding carboxylic acids is 3. The monoisotopic (exact) mass is 486 g/mol. The van der Waals surface area contributed by atoms with Crippen LogP contribution in [0.15, 0.2) is 72.8 Å². The van der Waals surface area contributed by atoms with Gasteiger partial charge in [-0.3, -0.25) is 0 Å². The molecule has 0 unspecified atom stereocenters. The second-order valence-electron chi connectivity index (χ2n) is 9.19. The topological polar surface area (TPSA) is 69.7 Å². The molecule has 0 aliphatic carbocycles. The molecule has 0 saturated heterocycles. The fraction of sp³-hybridized carbons (Fsp3) is 0.323. The first kappa shape index (κ1) is 26.9. The first-order valence-corrected chi connectivity index (χ1v) is 12.6. The van der Waals surface area contributed by atoms with Crippen LogP contribution in [0, 0.1) is 0 Å². The van der Waals surface area contributed by atoms with Crippen molar-refractivity contribution >= 4 is 17.9 Å². The van der Waals surface area contributed by atoms with Crippen LogP contribution in [-0.4, -0.2) is 24.5 Å². The van der Waals surface area contributed by atoms with Gasteiger partial charge in [0, 0.05) is 0 Å².